The first kappa shape index (κ1) is 18.0. The third-order valence-corrected chi connectivity index (χ3v) is 4.54. The topological polar surface area (TPSA) is 66.4 Å². The summed E-state index contributed by atoms with van der Waals surface area (Å²) in [6, 6.07) is 0. The molecule has 4 nitrogen and oxygen atoms in total. The number of hydrogen-bond donors (Lipinski definition) is 2. The number of carboxylic acid groups (broad SMARTS) is 1. The molecule has 21 heavy (non-hydrogen) atoms. The van der Waals surface area contributed by atoms with Gasteiger partial charge in [-0.05, 0) is 37.5 Å². The number of amides is 1. The molecular formula is C17H31NO3. The molecule has 0 aromatic carbocycles. The van der Waals surface area contributed by atoms with Gasteiger partial charge in [0.2, 0.25) is 5.91 Å². The van der Waals surface area contributed by atoms with Crippen LogP contribution in [0.15, 0.2) is 0 Å². The average Bonchev–Trinajstić information content (AvgIpc) is 2.45. The van der Waals surface area contributed by atoms with Crippen LogP contribution in [0, 0.1) is 11.8 Å². The quantitative estimate of drug-likeness (QED) is 0.645. The number of hydrogen-bond acceptors (Lipinski definition) is 2. The second-order valence-electron chi connectivity index (χ2n) is 6.43. The summed E-state index contributed by atoms with van der Waals surface area (Å²) in [6.07, 6.45) is 10.9. The first-order valence-electron chi connectivity index (χ1n) is 8.60. The maximum Gasteiger partial charge on any atom is 0.303 e. The van der Waals surface area contributed by atoms with Gasteiger partial charge in [-0.3, -0.25) is 9.59 Å². The van der Waals surface area contributed by atoms with Crippen LogP contribution >= 0.6 is 0 Å². The Kier molecular flexibility index (Phi) is 9.11. The van der Waals surface area contributed by atoms with E-state index in [0.29, 0.717) is 24.8 Å². The summed E-state index contributed by atoms with van der Waals surface area (Å²) in [5.41, 5.74) is 0. The van der Waals surface area contributed by atoms with E-state index in [-0.39, 0.29) is 12.3 Å². The predicted octanol–water partition coefficient (Wildman–Crippen LogP) is 3.74. The van der Waals surface area contributed by atoms with Crippen LogP contribution in [0.1, 0.15) is 77.6 Å². The smallest absolute Gasteiger partial charge is 0.303 e. The maximum atomic E-state index is 11.9. The molecule has 4 heteroatoms. The Labute approximate surface area is 128 Å². The SMILES string of the molecule is CCCC(CCNC(=O)CC1CCCCC1)CCC(=O)O. The van der Waals surface area contributed by atoms with Crippen LogP contribution in [0.25, 0.3) is 0 Å². The Balaban J connectivity index is 2.16. The summed E-state index contributed by atoms with van der Waals surface area (Å²) in [5.74, 6) is 0.450. The fourth-order valence-electron chi connectivity index (χ4n) is 3.31. The molecule has 1 aliphatic carbocycles. The molecule has 0 aromatic heterocycles. The van der Waals surface area contributed by atoms with Crippen molar-refractivity contribution >= 4 is 11.9 Å². The normalized spacial score (nSPS) is 17.4. The van der Waals surface area contributed by atoms with Crippen molar-refractivity contribution in [3.63, 3.8) is 0 Å². The van der Waals surface area contributed by atoms with Gasteiger partial charge >= 0.3 is 5.97 Å². The van der Waals surface area contributed by atoms with E-state index in [2.05, 4.69) is 12.2 Å². The van der Waals surface area contributed by atoms with Crippen molar-refractivity contribution in [2.24, 2.45) is 11.8 Å². The number of rotatable bonds is 10. The Hall–Kier alpha value is -1.06. The van der Waals surface area contributed by atoms with Crippen molar-refractivity contribution in [2.45, 2.75) is 77.6 Å². The summed E-state index contributed by atoms with van der Waals surface area (Å²) < 4.78 is 0. The summed E-state index contributed by atoms with van der Waals surface area (Å²) in [5, 5.41) is 11.8. The van der Waals surface area contributed by atoms with Gasteiger partial charge in [-0.2, -0.15) is 0 Å². The molecule has 0 saturated heterocycles. The molecule has 0 bridgehead atoms. The van der Waals surface area contributed by atoms with Crippen molar-refractivity contribution < 1.29 is 14.7 Å². The molecule has 0 radical (unpaired) electrons. The van der Waals surface area contributed by atoms with E-state index >= 15 is 0 Å². The minimum absolute atomic E-state index is 0.176. The van der Waals surface area contributed by atoms with Crippen LogP contribution in [-0.2, 0) is 9.59 Å². The van der Waals surface area contributed by atoms with Crippen molar-refractivity contribution in [3.8, 4) is 0 Å². The molecule has 1 rings (SSSR count). The van der Waals surface area contributed by atoms with E-state index in [1.807, 2.05) is 0 Å². The van der Waals surface area contributed by atoms with Gasteiger partial charge in [-0.1, -0.05) is 39.0 Å². The zero-order valence-corrected chi connectivity index (χ0v) is 13.4. The Morgan fingerprint density at radius 1 is 1.14 bits per heavy atom. The minimum Gasteiger partial charge on any atom is -0.481 e. The van der Waals surface area contributed by atoms with Gasteiger partial charge in [0.15, 0.2) is 0 Å². The lowest BCUT2D eigenvalue weighted by molar-refractivity contribution is -0.137. The lowest BCUT2D eigenvalue weighted by atomic mass is 9.87. The molecule has 1 aliphatic rings. The molecule has 1 fully saturated rings. The number of aliphatic carboxylic acids is 1. The van der Waals surface area contributed by atoms with Crippen molar-refractivity contribution in [1.82, 2.24) is 5.32 Å². The lowest BCUT2D eigenvalue weighted by Crippen LogP contribution is -2.28. The standard InChI is InChI=1S/C17H31NO3/c1-2-6-14(9-10-17(20)21)11-12-18-16(19)13-15-7-4-3-5-8-15/h14-15H,2-13H2,1H3,(H,18,19)(H,20,21). The van der Waals surface area contributed by atoms with Crippen LogP contribution < -0.4 is 5.32 Å². The molecule has 0 spiro atoms. The molecule has 1 atom stereocenters. The van der Waals surface area contributed by atoms with Crippen molar-refractivity contribution in [2.75, 3.05) is 6.54 Å². The monoisotopic (exact) mass is 297 g/mol. The third kappa shape index (κ3) is 8.74. The molecule has 122 valence electrons. The van der Waals surface area contributed by atoms with Crippen LogP contribution in [-0.4, -0.2) is 23.5 Å². The zero-order chi connectivity index (χ0) is 15.5. The first-order chi connectivity index (χ1) is 10.1. The van der Waals surface area contributed by atoms with Crippen LogP contribution in [0.2, 0.25) is 0 Å². The number of carbonyl (C=O) groups is 2. The van der Waals surface area contributed by atoms with E-state index in [1.54, 1.807) is 0 Å². The molecule has 0 heterocycles. The molecule has 2 N–H and O–H groups in total. The minimum atomic E-state index is -0.725. The predicted molar refractivity (Wildman–Crippen MR) is 84.1 cm³/mol. The van der Waals surface area contributed by atoms with Crippen molar-refractivity contribution in [1.29, 1.82) is 0 Å². The molecule has 0 aromatic rings. The number of carboxylic acids is 1. The van der Waals surface area contributed by atoms with Gasteiger partial charge in [0.05, 0.1) is 0 Å². The number of carbonyl (C=O) groups excluding carboxylic acids is 1. The molecule has 1 amide bonds. The van der Waals surface area contributed by atoms with E-state index in [9.17, 15) is 9.59 Å². The highest BCUT2D eigenvalue weighted by Gasteiger charge is 2.17. The van der Waals surface area contributed by atoms with Crippen molar-refractivity contribution in [3.05, 3.63) is 0 Å². The van der Waals surface area contributed by atoms with Gasteiger partial charge in [0.25, 0.3) is 0 Å². The summed E-state index contributed by atoms with van der Waals surface area (Å²) in [4.78, 5) is 22.6. The molecule has 0 aliphatic heterocycles. The highest BCUT2D eigenvalue weighted by Crippen LogP contribution is 2.26. The van der Waals surface area contributed by atoms with Gasteiger partial charge in [0, 0.05) is 19.4 Å². The summed E-state index contributed by atoms with van der Waals surface area (Å²) >= 11 is 0. The molecule has 1 unspecified atom stereocenters. The van der Waals surface area contributed by atoms with E-state index in [0.717, 1.165) is 25.7 Å². The molecular weight excluding hydrogens is 266 g/mol. The van der Waals surface area contributed by atoms with Gasteiger partial charge < -0.3 is 10.4 Å². The third-order valence-electron chi connectivity index (χ3n) is 4.54. The first-order valence-corrected chi connectivity index (χ1v) is 8.60. The van der Waals surface area contributed by atoms with Crippen LogP contribution in [0.4, 0.5) is 0 Å². The van der Waals surface area contributed by atoms with Gasteiger partial charge in [-0.25, -0.2) is 0 Å². The Morgan fingerprint density at radius 2 is 1.86 bits per heavy atom. The van der Waals surface area contributed by atoms with Crippen LogP contribution in [0.5, 0.6) is 0 Å². The Morgan fingerprint density at radius 3 is 2.48 bits per heavy atom. The van der Waals surface area contributed by atoms with E-state index < -0.39 is 5.97 Å². The van der Waals surface area contributed by atoms with E-state index in [4.69, 9.17) is 5.11 Å². The van der Waals surface area contributed by atoms with Gasteiger partial charge in [-0.15, -0.1) is 0 Å². The summed E-state index contributed by atoms with van der Waals surface area (Å²) in [6.45, 7) is 2.81. The average molecular weight is 297 g/mol. The second kappa shape index (κ2) is 10.6. The fraction of sp³-hybridized carbons (Fsp3) is 0.882. The van der Waals surface area contributed by atoms with Crippen LogP contribution in [0.3, 0.4) is 0 Å². The highest BCUT2D eigenvalue weighted by molar-refractivity contribution is 5.76. The van der Waals surface area contributed by atoms with Gasteiger partial charge in [0.1, 0.15) is 0 Å². The lowest BCUT2D eigenvalue weighted by Gasteiger charge is -2.21. The number of nitrogens with one attached hydrogen (secondary N) is 1. The van der Waals surface area contributed by atoms with E-state index in [1.165, 1.54) is 32.1 Å². The Bertz CT molecular complexity index is 311. The molecule has 1 saturated carbocycles. The summed E-state index contributed by atoms with van der Waals surface area (Å²) in [7, 11) is 0. The second-order valence-corrected chi connectivity index (χ2v) is 6.43. The highest BCUT2D eigenvalue weighted by atomic mass is 16.4. The largest absolute Gasteiger partial charge is 0.481 e. The zero-order valence-electron chi connectivity index (χ0n) is 13.4. The fourth-order valence-corrected chi connectivity index (χ4v) is 3.31. The maximum absolute atomic E-state index is 11.9.